The highest BCUT2D eigenvalue weighted by molar-refractivity contribution is 5.71. The Labute approximate surface area is 734 Å². The molecule has 0 radical (unpaired) electrons. The van der Waals surface area contributed by atoms with E-state index in [-0.39, 0.29) is 31.8 Å². The molecule has 6 rings (SSSR count). The molecule has 0 saturated carbocycles. The maximum atomic E-state index is 14.9. The summed E-state index contributed by atoms with van der Waals surface area (Å²) in [6.07, 6.45) is 15.1. The lowest BCUT2D eigenvalue weighted by Crippen LogP contribution is -2.68. The van der Waals surface area contributed by atoms with Crippen molar-refractivity contribution in [1.29, 1.82) is 0 Å². The van der Waals surface area contributed by atoms with Crippen LogP contribution in [0.25, 0.3) is 0 Å². The van der Waals surface area contributed by atoms with Crippen LogP contribution in [0.3, 0.4) is 0 Å². The molecule has 122 heavy (non-hydrogen) atoms. The second-order valence-corrected chi connectivity index (χ2v) is 36.7. The monoisotopic (exact) mass is 1740 g/mol. The number of carbonyl (C=O) groups excluding carboxylic acids is 4. The lowest BCUT2D eigenvalue weighted by molar-refractivity contribution is -0.400. The van der Waals surface area contributed by atoms with Gasteiger partial charge in [0.05, 0.1) is 37.1 Å². The van der Waals surface area contributed by atoms with Gasteiger partial charge in [-0.05, 0) is 66.2 Å². The van der Waals surface area contributed by atoms with Crippen LogP contribution >= 0.6 is 0 Å². The average molecular weight is 1740 g/mol. The molecule has 26 nitrogen and oxygen atoms in total. The van der Waals surface area contributed by atoms with Gasteiger partial charge >= 0.3 is 23.9 Å². The molecule has 6 aliphatic rings. The van der Waals surface area contributed by atoms with Crippen LogP contribution in [-0.4, -0.2) is 231 Å². The summed E-state index contributed by atoms with van der Waals surface area (Å²) in [7, 11) is 0. The van der Waals surface area contributed by atoms with E-state index in [4.69, 9.17) is 66.3 Å². The van der Waals surface area contributed by atoms with Gasteiger partial charge in [-0.1, -0.05) is 329 Å². The number of esters is 4. The third kappa shape index (κ3) is 39.9. The Morgan fingerprint density at radius 1 is 0.311 bits per heavy atom. The van der Waals surface area contributed by atoms with E-state index in [1.54, 1.807) is 20.8 Å². The topological polar surface area (TPSA) is 359 Å². The number of hydrogen-bond acceptors (Lipinski definition) is 26. The van der Waals surface area contributed by atoms with Crippen molar-refractivity contribution in [1.82, 2.24) is 0 Å². The van der Waals surface area contributed by atoms with E-state index in [1.165, 1.54) is 161 Å². The molecule has 8 N–H and O–H groups in total. The highest BCUT2D eigenvalue weighted by atomic mass is 16.8. The number of aliphatic hydroxyl groups is 8. The van der Waals surface area contributed by atoms with Crippen molar-refractivity contribution < 1.29 is 126 Å². The summed E-state index contributed by atoms with van der Waals surface area (Å²) in [4.78, 5) is 56.2. The van der Waals surface area contributed by atoms with E-state index in [2.05, 4.69) is 27.7 Å². The second kappa shape index (κ2) is 64.0. The number of fused-ring (bicyclic) bond motifs is 2. The molecule has 6 fully saturated rings. The molecule has 0 unspecified atom stereocenters. The molecule has 26 atom stereocenters. The second-order valence-electron chi connectivity index (χ2n) is 36.7. The minimum absolute atomic E-state index is 0.000805. The fourth-order valence-electron chi connectivity index (χ4n) is 18.1. The predicted molar refractivity (Wildman–Crippen MR) is 465 cm³/mol. The molecule has 0 aromatic heterocycles. The zero-order chi connectivity index (χ0) is 88.2. The first kappa shape index (κ1) is 108. The van der Waals surface area contributed by atoms with Gasteiger partial charge in [0.1, 0.15) is 73.2 Å². The summed E-state index contributed by atoms with van der Waals surface area (Å²) in [6, 6.07) is 0. The van der Waals surface area contributed by atoms with Crippen molar-refractivity contribution in [3.63, 3.8) is 0 Å². The van der Waals surface area contributed by atoms with Gasteiger partial charge in [-0.25, -0.2) is 0 Å². The molecular formula is C96H174O26. The van der Waals surface area contributed by atoms with Crippen molar-refractivity contribution in [2.75, 3.05) is 6.61 Å². The summed E-state index contributed by atoms with van der Waals surface area (Å²) < 4.78 is 90.6. The summed E-state index contributed by atoms with van der Waals surface area (Å²) in [5.74, 6) is -2.74. The first-order valence-electron chi connectivity index (χ1n) is 49.9. The largest absolute Gasteiger partial charge is 0.457 e. The lowest BCUT2D eigenvalue weighted by atomic mass is 9.95. The molecule has 0 bridgehead atoms. The van der Waals surface area contributed by atoms with Gasteiger partial charge in [0.15, 0.2) is 55.9 Å². The fraction of sp³-hybridized carbons (Fsp3) is 0.958. The SMILES string of the molecule is CCCCCCCCCCCCCCCCCC(=O)O[C@H]1[C@H](O)[C@@H](O)[C@H](O[C@@H]2[C@@H](O[C@@H]3O[C@@H](C)[C@H](OC(=O)CCCCCCCCCCCCCCC)[C@@H](O)[C@H]3O)[C@H](C)O[C@@H](O[C@@H]3[C@@H](O)[C@H]4OC(=O)CCCCCCCCC[C@H](CCCCC)O[C@@H]5O[C@H](C)[C@H](O)[C@H](O)[C@H]5O[C@@H]4O[C@H]3C)[C@@H]2OC(=O)CCCCCCCCCCCCCCC)O[C@@H]1CO. The van der Waals surface area contributed by atoms with Crippen LogP contribution < -0.4 is 0 Å². The van der Waals surface area contributed by atoms with E-state index < -0.39 is 184 Å². The first-order valence-corrected chi connectivity index (χ1v) is 49.9. The van der Waals surface area contributed by atoms with Crippen LogP contribution in [0.2, 0.25) is 0 Å². The smallest absolute Gasteiger partial charge is 0.306 e. The lowest BCUT2D eigenvalue weighted by Gasteiger charge is -2.51. The summed E-state index contributed by atoms with van der Waals surface area (Å²) in [5, 5.41) is 95.9. The molecule has 0 aromatic carbocycles. The van der Waals surface area contributed by atoms with E-state index in [0.717, 1.165) is 141 Å². The summed E-state index contributed by atoms with van der Waals surface area (Å²) >= 11 is 0. The normalized spacial score (nSPS) is 32.8. The standard InChI is InChI=1S/C96H174O26/c1-9-13-17-20-23-26-29-32-33-36-39-41-46-51-57-63-74(99)116-87-72(66-97)114-93(82(107)80(87)105)122-90-86(120-92-81(106)79(104)84(68(6)110-92)115-73(98)62-56-50-45-40-37-34-30-27-24-21-18-14-10-2)70(8)112-96(91(90)118-76(101)65-59-52-47-42-38-35-31-28-25-22-19-15-11-3)119-85-69(7)111-95-89(83(85)108)117-75(100)64-58-53-48-43-44-49-55-61-71(60-54-16-12-4)113-94-88(121-95)78(103)77(102)67(5)109-94/h67-72,77-97,102-108H,9-66H2,1-8H3/t67-,68+,69+,70+,71+,72-,77+,78+,79+,80-,81-,82-,83-,84+,85+,86+,87-,88-,89-,90-,91-,92+,93+,94+,95+,96+/m1/s1. The molecule has 6 heterocycles. The van der Waals surface area contributed by atoms with Crippen LogP contribution in [0.5, 0.6) is 0 Å². The van der Waals surface area contributed by atoms with Crippen LogP contribution in [0.1, 0.15) is 421 Å². The molecular weight excluding hydrogens is 1570 g/mol. The molecule has 0 amide bonds. The van der Waals surface area contributed by atoms with Gasteiger partial charge in [0.25, 0.3) is 0 Å². The summed E-state index contributed by atoms with van der Waals surface area (Å²) in [5.41, 5.74) is 0. The van der Waals surface area contributed by atoms with E-state index >= 15 is 0 Å². The maximum absolute atomic E-state index is 14.9. The number of unbranched alkanes of at least 4 members (excludes halogenated alkanes) is 40. The van der Waals surface area contributed by atoms with E-state index in [9.17, 15) is 60.0 Å². The van der Waals surface area contributed by atoms with Crippen molar-refractivity contribution in [3.8, 4) is 0 Å². The maximum Gasteiger partial charge on any atom is 0.306 e. The number of hydrogen-bond donors (Lipinski definition) is 8. The summed E-state index contributed by atoms with van der Waals surface area (Å²) in [6.45, 7) is 14.2. The number of ether oxygens (including phenoxy) is 14. The molecule has 0 aliphatic carbocycles. The fourth-order valence-corrected chi connectivity index (χ4v) is 18.1. The Bertz CT molecular complexity index is 2660. The molecule has 0 aromatic rings. The van der Waals surface area contributed by atoms with Gasteiger partial charge in [-0.15, -0.1) is 0 Å². The van der Waals surface area contributed by atoms with Gasteiger partial charge in [0.2, 0.25) is 0 Å². The van der Waals surface area contributed by atoms with Crippen LogP contribution in [0, 0.1) is 0 Å². The third-order valence-corrected chi connectivity index (χ3v) is 25.9. The van der Waals surface area contributed by atoms with Crippen LogP contribution in [0.15, 0.2) is 0 Å². The van der Waals surface area contributed by atoms with Crippen molar-refractivity contribution >= 4 is 23.9 Å². The average Bonchev–Trinajstić information content (AvgIpc) is 0.758. The Balaban J connectivity index is 1.27. The van der Waals surface area contributed by atoms with Gasteiger partial charge in [-0.2, -0.15) is 0 Å². The van der Waals surface area contributed by atoms with Gasteiger partial charge < -0.3 is 107 Å². The van der Waals surface area contributed by atoms with Crippen molar-refractivity contribution in [2.24, 2.45) is 0 Å². The Morgan fingerprint density at radius 3 is 1.13 bits per heavy atom. The minimum atomic E-state index is -2.05. The zero-order valence-electron chi connectivity index (χ0n) is 76.9. The van der Waals surface area contributed by atoms with Gasteiger partial charge in [-0.3, -0.25) is 19.2 Å². The number of carbonyl (C=O) groups is 4. The quantitative estimate of drug-likeness (QED) is 0.0159. The minimum Gasteiger partial charge on any atom is -0.457 e. The van der Waals surface area contributed by atoms with Crippen molar-refractivity contribution in [3.05, 3.63) is 0 Å². The number of rotatable bonds is 58. The molecule has 6 aliphatic heterocycles. The van der Waals surface area contributed by atoms with E-state index in [0.29, 0.717) is 44.9 Å². The Hall–Kier alpha value is -2.84. The first-order chi connectivity index (χ1) is 59.2. The third-order valence-electron chi connectivity index (χ3n) is 25.9. The van der Waals surface area contributed by atoms with Crippen LogP contribution in [-0.2, 0) is 85.5 Å². The highest BCUT2D eigenvalue weighted by Gasteiger charge is 2.59. The predicted octanol–water partition coefficient (Wildman–Crippen LogP) is 17.1. The molecule has 714 valence electrons. The molecule has 6 saturated heterocycles. The molecule has 26 heteroatoms. The zero-order valence-corrected chi connectivity index (χ0v) is 76.9. The van der Waals surface area contributed by atoms with E-state index in [1.807, 2.05) is 0 Å². The van der Waals surface area contributed by atoms with Crippen LogP contribution in [0.4, 0.5) is 0 Å². The Morgan fingerprint density at radius 2 is 0.664 bits per heavy atom. The number of aliphatic hydroxyl groups excluding tert-OH is 8. The van der Waals surface area contributed by atoms with Crippen molar-refractivity contribution in [2.45, 2.75) is 581 Å². The molecule has 0 spiro atoms. The highest BCUT2D eigenvalue weighted by Crippen LogP contribution is 2.41. The Kier molecular flexibility index (Phi) is 56.6. The van der Waals surface area contributed by atoms with Gasteiger partial charge in [0, 0.05) is 25.7 Å².